The molecule has 3 N–H and O–H groups in total. The van der Waals surface area contributed by atoms with Gasteiger partial charge in [-0.15, -0.1) is 0 Å². The Labute approximate surface area is 184 Å². The number of hydrogen-bond acceptors (Lipinski definition) is 5. The molecule has 0 saturated heterocycles. The van der Waals surface area contributed by atoms with Gasteiger partial charge in [-0.3, -0.25) is 4.40 Å². The van der Waals surface area contributed by atoms with Crippen LogP contribution in [0.1, 0.15) is 12.0 Å². The fourth-order valence-corrected chi connectivity index (χ4v) is 4.18. The zero-order valence-corrected chi connectivity index (χ0v) is 17.8. The van der Waals surface area contributed by atoms with Crippen LogP contribution < -0.4 is 11.1 Å². The van der Waals surface area contributed by atoms with Gasteiger partial charge in [0.1, 0.15) is 17.2 Å². The van der Waals surface area contributed by atoms with E-state index in [1.54, 1.807) is 12.4 Å². The first kappa shape index (κ1) is 19.4. The van der Waals surface area contributed by atoms with E-state index in [9.17, 15) is 0 Å². The number of benzene rings is 2. The summed E-state index contributed by atoms with van der Waals surface area (Å²) in [5, 5.41) is 4.16. The van der Waals surface area contributed by atoms with Crippen molar-refractivity contribution in [3.05, 3.63) is 71.9 Å². The van der Waals surface area contributed by atoms with Crippen LogP contribution in [0.25, 0.3) is 27.9 Å². The number of nitrogens with zero attached hydrogens (tertiary/aromatic N) is 5. The van der Waals surface area contributed by atoms with Crippen molar-refractivity contribution in [1.82, 2.24) is 23.9 Å². The molecule has 0 unspecified atom stereocenters. The Kier molecular flexibility index (Phi) is 4.95. The topological polar surface area (TPSA) is 86.1 Å². The molecule has 0 amide bonds. The molecule has 0 atom stereocenters. The van der Waals surface area contributed by atoms with Crippen LogP contribution in [0.3, 0.4) is 0 Å². The highest BCUT2D eigenvalue weighted by atomic mass is 35.5. The molecular formula is C23H22ClN7. The molecule has 156 valence electrons. The molecule has 3 aromatic heterocycles. The number of imidazole rings is 2. The third-order valence-electron chi connectivity index (χ3n) is 5.41. The van der Waals surface area contributed by atoms with Crippen LogP contribution in [0.5, 0.6) is 0 Å². The van der Waals surface area contributed by atoms with Crippen LogP contribution in [-0.2, 0) is 6.54 Å². The monoisotopic (exact) mass is 431 g/mol. The van der Waals surface area contributed by atoms with Crippen molar-refractivity contribution in [2.75, 3.05) is 17.6 Å². The Bertz CT molecular complexity index is 1350. The molecule has 31 heavy (non-hydrogen) atoms. The van der Waals surface area contributed by atoms with Gasteiger partial charge in [0.25, 0.3) is 0 Å². The molecule has 3 heterocycles. The third kappa shape index (κ3) is 3.57. The summed E-state index contributed by atoms with van der Waals surface area (Å²) in [6.07, 6.45) is 8.34. The molecule has 0 aliphatic carbocycles. The number of hydrogen-bond donors (Lipinski definition) is 2. The molecule has 0 aliphatic rings. The Morgan fingerprint density at radius 2 is 2.06 bits per heavy atom. The van der Waals surface area contributed by atoms with Crippen molar-refractivity contribution >= 4 is 39.7 Å². The Hall–Kier alpha value is -3.58. The van der Waals surface area contributed by atoms with Crippen molar-refractivity contribution in [1.29, 1.82) is 0 Å². The number of nitrogens with two attached hydrogens (primary N) is 1. The summed E-state index contributed by atoms with van der Waals surface area (Å²) in [4.78, 5) is 13.3. The number of rotatable bonds is 6. The Balaban J connectivity index is 1.54. The lowest BCUT2D eigenvalue weighted by molar-refractivity contribution is 0.661. The molecular weight excluding hydrogens is 410 g/mol. The van der Waals surface area contributed by atoms with E-state index in [0.29, 0.717) is 10.8 Å². The summed E-state index contributed by atoms with van der Waals surface area (Å²) in [6.45, 7) is 3.79. The predicted octanol–water partition coefficient (Wildman–Crippen LogP) is 4.79. The highest BCUT2D eigenvalue weighted by Crippen LogP contribution is 2.34. The molecule has 0 saturated carbocycles. The minimum atomic E-state index is 0.442. The van der Waals surface area contributed by atoms with Gasteiger partial charge in [-0.05, 0) is 43.2 Å². The molecule has 0 bridgehead atoms. The number of aromatic nitrogens is 5. The second kappa shape index (κ2) is 7.92. The molecule has 2 aromatic carbocycles. The molecule has 7 nitrogen and oxygen atoms in total. The second-order valence-electron chi connectivity index (χ2n) is 7.52. The summed E-state index contributed by atoms with van der Waals surface area (Å²) in [5.41, 5.74) is 11.7. The summed E-state index contributed by atoms with van der Waals surface area (Å²) in [7, 11) is 0. The largest absolute Gasteiger partial charge is 0.385 e. The first-order valence-electron chi connectivity index (χ1n) is 10.1. The molecule has 0 radical (unpaired) electrons. The normalized spacial score (nSPS) is 11.4. The molecule has 0 spiro atoms. The summed E-state index contributed by atoms with van der Waals surface area (Å²) in [5.74, 6) is 1.20. The van der Waals surface area contributed by atoms with Crippen molar-refractivity contribution < 1.29 is 0 Å². The van der Waals surface area contributed by atoms with Gasteiger partial charge < -0.3 is 15.6 Å². The highest BCUT2D eigenvalue weighted by molar-refractivity contribution is 6.33. The van der Waals surface area contributed by atoms with Gasteiger partial charge in [-0.25, -0.2) is 15.0 Å². The number of nitrogens with one attached hydrogen (secondary N) is 1. The third-order valence-corrected chi connectivity index (χ3v) is 5.72. The second-order valence-corrected chi connectivity index (χ2v) is 7.92. The van der Waals surface area contributed by atoms with Gasteiger partial charge in [0.05, 0.1) is 28.6 Å². The van der Waals surface area contributed by atoms with Crippen molar-refractivity contribution in [3.63, 3.8) is 0 Å². The summed E-state index contributed by atoms with van der Waals surface area (Å²) in [6, 6.07) is 11.9. The number of halogens is 1. The standard InChI is InChI=1S/C23H22ClN7/c1-15-4-2-5-17(24)21(15)23-28-13-20-22(25)29-18-7-6-16(12-19(18)31(20)23)27-8-3-10-30-11-9-26-14-30/h2,4-7,9,11-14,27H,3,8,10H2,1H3,(H2,25,29). The summed E-state index contributed by atoms with van der Waals surface area (Å²) < 4.78 is 4.12. The average molecular weight is 432 g/mol. The molecule has 0 aliphatic heterocycles. The fraction of sp³-hybridized carbons (Fsp3) is 0.174. The number of fused-ring (bicyclic) bond motifs is 3. The lowest BCUT2D eigenvalue weighted by atomic mass is 10.1. The fourth-order valence-electron chi connectivity index (χ4n) is 3.88. The maximum atomic E-state index is 6.55. The minimum Gasteiger partial charge on any atom is -0.385 e. The molecule has 5 rings (SSSR count). The number of aryl methyl sites for hydroxylation is 2. The van der Waals surface area contributed by atoms with Gasteiger partial charge in [0.2, 0.25) is 0 Å². The maximum Gasteiger partial charge on any atom is 0.150 e. The van der Waals surface area contributed by atoms with Gasteiger partial charge in [0, 0.05) is 36.7 Å². The van der Waals surface area contributed by atoms with E-state index >= 15 is 0 Å². The van der Waals surface area contributed by atoms with E-state index in [1.165, 1.54) is 0 Å². The van der Waals surface area contributed by atoms with E-state index < -0.39 is 0 Å². The van der Waals surface area contributed by atoms with Crippen LogP contribution >= 0.6 is 11.6 Å². The lowest BCUT2D eigenvalue weighted by Gasteiger charge is -2.13. The minimum absolute atomic E-state index is 0.442. The SMILES string of the molecule is Cc1cccc(Cl)c1-c1ncc2c(N)nc3ccc(NCCCn4ccnc4)cc3n12. The first-order chi connectivity index (χ1) is 15.1. The van der Waals surface area contributed by atoms with Crippen LogP contribution in [-0.4, -0.2) is 30.5 Å². The Morgan fingerprint density at radius 1 is 1.16 bits per heavy atom. The van der Waals surface area contributed by atoms with Gasteiger partial charge in [0.15, 0.2) is 0 Å². The van der Waals surface area contributed by atoms with E-state index in [4.69, 9.17) is 17.3 Å². The lowest BCUT2D eigenvalue weighted by Crippen LogP contribution is -2.06. The van der Waals surface area contributed by atoms with Gasteiger partial charge in [-0.1, -0.05) is 23.7 Å². The number of anilines is 2. The zero-order chi connectivity index (χ0) is 21.4. The van der Waals surface area contributed by atoms with Crippen molar-refractivity contribution in [2.45, 2.75) is 19.9 Å². The smallest absolute Gasteiger partial charge is 0.150 e. The quantitative estimate of drug-likeness (QED) is 0.377. The van der Waals surface area contributed by atoms with Crippen LogP contribution in [0.4, 0.5) is 11.5 Å². The van der Waals surface area contributed by atoms with Gasteiger partial charge in [-0.2, -0.15) is 0 Å². The molecule has 0 fully saturated rings. The Morgan fingerprint density at radius 3 is 2.87 bits per heavy atom. The van der Waals surface area contributed by atoms with E-state index in [0.717, 1.165) is 58.7 Å². The average Bonchev–Trinajstić information content (AvgIpc) is 3.42. The van der Waals surface area contributed by atoms with E-state index in [-0.39, 0.29) is 0 Å². The van der Waals surface area contributed by atoms with E-state index in [1.807, 2.05) is 54.2 Å². The molecule has 8 heteroatoms. The number of nitrogen functional groups attached to an aromatic ring is 1. The van der Waals surface area contributed by atoms with Crippen LogP contribution in [0.2, 0.25) is 5.02 Å². The summed E-state index contributed by atoms with van der Waals surface area (Å²) >= 11 is 6.55. The van der Waals surface area contributed by atoms with Crippen LogP contribution in [0.15, 0.2) is 61.3 Å². The van der Waals surface area contributed by atoms with Gasteiger partial charge >= 0.3 is 0 Å². The maximum absolute atomic E-state index is 6.55. The zero-order valence-electron chi connectivity index (χ0n) is 17.1. The van der Waals surface area contributed by atoms with Crippen molar-refractivity contribution in [3.8, 4) is 11.4 Å². The highest BCUT2D eigenvalue weighted by Gasteiger charge is 2.17. The van der Waals surface area contributed by atoms with Crippen LogP contribution in [0, 0.1) is 6.92 Å². The van der Waals surface area contributed by atoms with Crippen molar-refractivity contribution in [2.24, 2.45) is 0 Å². The van der Waals surface area contributed by atoms with E-state index in [2.05, 4.69) is 30.9 Å². The molecule has 5 aromatic rings. The predicted molar refractivity (Wildman–Crippen MR) is 125 cm³/mol. The first-order valence-corrected chi connectivity index (χ1v) is 10.5.